The van der Waals surface area contributed by atoms with Crippen molar-refractivity contribution in [3.63, 3.8) is 0 Å². The molecule has 0 radical (unpaired) electrons. The SMILES string of the molecule is COC(=O)CC(Br)Cc1cc(OC)ccc1OC. The molecule has 0 bridgehead atoms. The molecule has 1 rings (SSSR count). The molecule has 0 amide bonds. The first-order valence-electron chi connectivity index (χ1n) is 5.52. The molecule has 1 aromatic carbocycles. The van der Waals surface area contributed by atoms with Crippen LogP contribution in [0, 0.1) is 0 Å². The second kappa shape index (κ2) is 7.26. The van der Waals surface area contributed by atoms with Crippen molar-refractivity contribution in [1.82, 2.24) is 0 Å². The number of esters is 1. The highest BCUT2D eigenvalue weighted by atomic mass is 79.9. The van der Waals surface area contributed by atoms with E-state index in [1.807, 2.05) is 18.2 Å². The van der Waals surface area contributed by atoms with Gasteiger partial charge in [-0.1, -0.05) is 15.9 Å². The summed E-state index contributed by atoms with van der Waals surface area (Å²) in [6, 6.07) is 5.60. The Balaban J connectivity index is 2.78. The maximum Gasteiger partial charge on any atom is 0.306 e. The first kappa shape index (κ1) is 14.8. The summed E-state index contributed by atoms with van der Waals surface area (Å²) in [5.74, 6) is 1.31. The third-order valence-electron chi connectivity index (χ3n) is 2.54. The van der Waals surface area contributed by atoms with Crippen LogP contribution in [0.2, 0.25) is 0 Å². The maximum atomic E-state index is 11.2. The maximum absolute atomic E-state index is 11.2. The molecule has 4 nitrogen and oxygen atoms in total. The Morgan fingerprint density at radius 3 is 2.56 bits per heavy atom. The topological polar surface area (TPSA) is 44.8 Å². The fraction of sp³-hybridized carbons (Fsp3) is 0.462. The quantitative estimate of drug-likeness (QED) is 0.597. The average Bonchev–Trinajstić information content (AvgIpc) is 2.38. The van der Waals surface area contributed by atoms with Crippen LogP contribution in [0.25, 0.3) is 0 Å². The van der Waals surface area contributed by atoms with Crippen molar-refractivity contribution in [2.45, 2.75) is 17.7 Å². The molecule has 1 atom stereocenters. The zero-order valence-corrected chi connectivity index (χ0v) is 12.3. The van der Waals surface area contributed by atoms with Gasteiger partial charge < -0.3 is 14.2 Å². The van der Waals surface area contributed by atoms with E-state index in [0.717, 1.165) is 17.1 Å². The first-order valence-corrected chi connectivity index (χ1v) is 6.44. The smallest absolute Gasteiger partial charge is 0.306 e. The van der Waals surface area contributed by atoms with E-state index < -0.39 is 0 Å². The van der Waals surface area contributed by atoms with E-state index in [4.69, 9.17) is 9.47 Å². The average molecular weight is 317 g/mol. The summed E-state index contributed by atoms with van der Waals surface area (Å²) in [5.41, 5.74) is 0.989. The van der Waals surface area contributed by atoms with Crippen molar-refractivity contribution in [2.24, 2.45) is 0 Å². The van der Waals surface area contributed by atoms with Crippen LogP contribution >= 0.6 is 15.9 Å². The number of methoxy groups -OCH3 is 3. The van der Waals surface area contributed by atoms with Gasteiger partial charge in [-0.3, -0.25) is 4.79 Å². The monoisotopic (exact) mass is 316 g/mol. The Bertz CT molecular complexity index is 406. The lowest BCUT2D eigenvalue weighted by molar-refractivity contribution is -0.140. The molecule has 1 unspecified atom stereocenters. The predicted molar refractivity (Wildman–Crippen MR) is 72.6 cm³/mol. The van der Waals surface area contributed by atoms with Gasteiger partial charge in [0.05, 0.1) is 27.8 Å². The lowest BCUT2D eigenvalue weighted by Gasteiger charge is -2.13. The van der Waals surface area contributed by atoms with Crippen LogP contribution in [0.4, 0.5) is 0 Å². The van der Waals surface area contributed by atoms with Crippen LogP contribution in [0.15, 0.2) is 18.2 Å². The summed E-state index contributed by atoms with van der Waals surface area (Å²) in [5, 5.41) is 0. The Morgan fingerprint density at radius 2 is 2.00 bits per heavy atom. The highest BCUT2D eigenvalue weighted by Gasteiger charge is 2.14. The Morgan fingerprint density at radius 1 is 1.28 bits per heavy atom. The molecular formula is C13H17BrO4. The predicted octanol–water partition coefficient (Wildman–Crippen LogP) is 2.57. The van der Waals surface area contributed by atoms with Crippen LogP contribution in [-0.4, -0.2) is 32.1 Å². The van der Waals surface area contributed by atoms with E-state index in [9.17, 15) is 4.79 Å². The second-order valence-electron chi connectivity index (χ2n) is 3.76. The van der Waals surface area contributed by atoms with Crippen molar-refractivity contribution in [3.05, 3.63) is 23.8 Å². The van der Waals surface area contributed by atoms with Gasteiger partial charge in [0, 0.05) is 4.83 Å². The number of carbonyl (C=O) groups excluding carboxylic acids is 1. The van der Waals surface area contributed by atoms with Gasteiger partial charge in [-0.15, -0.1) is 0 Å². The third kappa shape index (κ3) is 4.22. The molecule has 0 spiro atoms. The molecule has 0 N–H and O–H groups in total. The highest BCUT2D eigenvalue weighted by molar-refractivity contribution is 9.09. The molecule has 0 aromatic heterocycles. The van der Waals surface area contributed by atoms with E-state index in [-0.39, 0.29) is 10.8 Å². The minimum atomic E-state index is -0.237. The molecule has 0 aliphatic heterocycles. The van der Waals surface area contributed by atoms with Gasteiger partial charge in [0.2, 0.25) is 0 Å². The van der Waals surface area contributed by atoms with Crippen LogP contribution in [-0.2, 0) is 16.0 Å². The minimum Gasteiger partial charge on any atom is -0.497 e. The van der Waals surface area contributed by atoms with E-state index in [1.165, 1.54) is 7.11 Å². The molecule has 0 aliphatic rings. The Hall–Kier alpha value is -1.23. The van der Waals surface area contributed by atoms with E-state index in [0.29, 0.717) is 12.8 Å². The van der Waals surface area contributed by atoms with Gasteiger partial charge in [-0.25, -0.2) is 0 Å². The van der Waals surface area contributed by atoms with Gasteiger partial charge in [-0.2, -0.15) is 0 Å². The lowest BCUT2D eigenvalue weighted by Crippen LogP contribution is -2.12. The van der Waals surface area contributed by atoms with Gasteiger partial charge >= 0.3 is 5.97 Å². The molecular weight excluding hydrogens is 300 g/mol. The van der Waals surface area contributed by atoms with E-state index >= 15 is 0 Å². The summed E-state index contributed by atoms with van der Waals surface area (Å²) in [6.07, 6.45) is 0.979. The Kier molecular flexibility index (Phi) is 5.98. The van der Waals surface area contributed by atoms with Crippen molar-refractivity contribution in [3.8, 4) is 11.5 Å². The van der Waals surface area contributed by atoms with Crippen LogP contribution in [0.5, 0.6) is 11.5 Å². The zero-order chi connectivity index (χ0) is 13.5. The van der Waals surface area contributed by atoms with Crippen LogP contribution < -0.4 is 9.47 Å². The molecule has 1 aromatic rings. The number of benzene rings is 1. The number of carbonyl (C=O) groups is 1. The number of alkyl halides is 1. The van der Waals surface area contributed by atoms with E-state index in [2.05, 4.69) is 20.7 Å². The molecule has 18 heavy (non-hydrogen) atoms. The second-order valence-corrected chi connectivity index (χ2v) is 5.05. The van der Waals surface area contributed by atoms with Gasteiger partial charge in [0.1, 0.15) is 11.5 Å². The highest BCUT2D eigenvalue weighted by Crippen LogP contribution is 2.27. The van der Waals surface area contributed by atoms with Crippen molar-refractivity contribution in [1.29, 1.82) is 0 Å². The largest absolute Gasteiger partial charge is 0.497 e. The van der Waals surface area contributed by atoms with E-state index in [1.54, 1.807) is 14.2 Å². The normalized spacial score (nSPS) is 11.8. The summed E-state index contributed by atoms with van der Waals surface area (Å²) >= 11 is 3.47. The standard InChI is InChI=1S/C13H17BrO4/c1-16-11-4-5-12(17-2)9(7-11)6-10(14)8-13(15)18-3/h4-5,7,10H,6,8H2,1-3H3. The molecule has 100 valence electrons. The van der Waals surface area contributed by atoms with Crippen molar-refractivity contribution < 1.29 is 19.0 Å². The number of halogens is 1. The van der Waals surface area contributed by atoms with Crippen molar-refractivity contribution >= 4 is 21.9 Å². The number of hydrogen-bond acceptors (Lipinski definition) is 4. The van der Waals surface area contributed by atoms with Gasteiger partial charge in [-0.05, 0) is 30.2 Å². The fourth-order valence-corrected chi connectivity index (χ4v) is 2.23. The van der Waals surface area contributed by atoms with Crippen molar-refractivity contribution in [2.75, 3.05) is 21.3 Å². The molecule has 0 saturated carbocycles. The summed E-state index contributed by atoms with van der Waals surface area (Å²) in [7, 11) is 4.62. The Labute approximate surface area is 115 Å². The third-order valence-corrected chi connectivity index (χ3v) is 3.19. The molecule has 0 heterocycles. The number of ether oxygens (including phenoxy) is 3. The minimum absolute atomic E-state index is 0.00551. The molecule has 0 fully saturated rings. The summed E-state index contributed by atoms with van der Waals surface area (Å²) in [6.45, 7) is 0. The van der Waals surface area contributed by atoms with Gasteiger partial charge in [0.25, 0.3) is 0 Å². The molecule has 0 aliphatic carbocycles. The van der Waals surface area contributed by atoms with Crippen LogP contribution in [0.3, 0.4) is 0 Å². The lowest BCUT2D eigenvalue weighted by atomic mass is 10.1. The number of rotatable bonds is 6. The molecule has 0 saturated heterocycles. The summed E-state index contributed by atoms with van der Waals surface area (Å²) < 4.78 is 15.1. The fourth-order valence-electron chi connectivity index (χ4n) is 1.62. The van der Waals surface area contributed by atoms with Crippen LogP contribution in [0.1, 0.15) is 12.0 Å². The zero-order valence-electron chi connectivity index (χ0n) is 10.7. The van der Waals surface area contributed by atoms with Gasteiger partial charge in [0.15, 0.2) is 0 Å². The molecule has 5 heteroatoms. The number of hydrogen-bond donors (Lipinski definition) is 0. The first-order chi connectivity index (χ1) is 8.60. The summed E-state index contributed by atoms with van der Waals surface area (Å²) in [4.78, 5) is 11.2.